The van der Waals surface area contributed by atoms with E-state index in [0.29, 0.717) is 22.5 Å². The van der Waals surface area contributed by atoms with Crippen molar-refractivity contribution in [1.29, 1.82) is 0 Å². The van der Waals surface area contributed by atoms with Crippen LogP contribution >= 0.6 is 23.2 Å². The average Bonchev–Trinajstić information content (AvgIpc) is 3.30. The molecule has 2 aliphatic rings. The van der Waals surface area contributed by atoms with Crippen molar-refractivity contribution in [2.75, 3.05) is 27.2 Å². The van der Waals surface area contributed by atoms with Crippen LogP contribution in [0.1, 0.15) is 47.6 Å². The van der Waals surface area contributed by atoms with Gasteiger partial charge in [0.05, 0.1) is 29.6 Å². The van der Waals surface area contributed by atoms with Crippen LogP contribution in [0.5, 0.6) is 5.75 Å². The van der Waals surface area contributed by atoms with Gasteiger partial charge in [-0.25, -0.2) is 0 Å². The monoisotopic (exact) mass is 460 g/mol. The van der Waals surface area contributed by atoms with Gasteiger partial charge in [0.15, 0.2) is 0 Å². The molecule has 0 unspecified atom stereocenters. The largest absolute Gasteiger partial charge is 0.496 e. The molecule has 166 valence electrons. The standard InChI is InChI=1S/C25H30Cl2N2O2/c1-16-18-7-10-22(29-12-4-5-13-29)25(19(18)8-11-23(16)31-3)28(2)24(30)15-17-6-9-20(26)21(27)14-17/h6,8-9,11,14,22,25H,4-5,7,10,12-13,15H2,1-3H3/t22-,25-/m0/s1. The molecule has 1 fully saturated rings. The van der Waals surface area contributed by atoms with Crippen molar-refractivity contribution in [2.24, 2.45) is 0 Å². The van der Waals surface area contributed by atoms with Crippen LogP contribution in [0, 0.1) is 6.92 Å². The van der Waals surface area contributed by atoms with E-state index in [9.17, 15) is 4.79 Å². The van der Waals surface area contributed by atoms with Crippen molar-refractivity contribution in [1.82, 2.24) is 9.80 Å². The lowest BCUT2D eigenvalue weighted by atomic mass is 9.80. The summed E-state index contributed by atoms with van der Waals surface area (Å²) >= 11 is 12.2. The van der Waals surface area contributed by atoms with Gasteiger partial charge in [0.2, 0.25) is 5.91 Å². The zero-order valence-corrected chi connectivity index (χ0v) is 20.0. The molecule has 2 atom stereocenters. The minimum atomic E-state index is 0.0294. The molecule has 0 bridgehead atoms. The topological polar surface area (TPSA) is 32.8 Å². The van der Waals surface area contributed by atoms with E-state index in [1.807, 2.05) is 24.1 Å². The number of ether oxygens (including phenoxy) is 1. The molecular formula is C25H30Cl2N2O2. The van der Waals surface area contributed by atoms with Crippen LogP contribution < -0.4 is 4.74 Å². The normalized spacial score (nSPS) is 21.1. The van der Waals surface area contributed by atoms with Crippen LogP contribution in [0.4, 0.5) is 0 Å². The van der Waals surface area contributed by atoms with Crippen molar-refractivity contribution in [3.63, 3.8) is 0 Å². The summed E-state index contributed by atoms with van der Waals surface area (Å²) in [6, 6.07) is 10.00. The van der Waals surface area contributed by atoms with Crippen molar-refractivity contribution in [3.05, 3.63) is 62.6 Å². The molecule has 0 N–H and O–H groups in total. The second-order valence-corrected chi connectivity index (χ2v) is 9.50. The van der Waals surface area contributed by atoms with Crippen molar-refractivity contribution < 1.29 is 9.53 Å². The number of benzene rings is 2. The van der Waals surface area contributed by atoms with E-state index in [0.717, 1.165) is 37.2 Å². The Morgan fingerprint density at radius 1 is 1.16 bits per heavy atom. The molecule has 1 amide bonds. The van der Waals surface area contributed by atoms with E-state index in [2.05, 4.69) is 17.9 Å². The molecule has 2 aromatic carbocycles. The summed E-state index contributed by atoms with van der Waals surface area (Å²) in [6.07, 6.45) is 4.85. The van der Waals surface area contributed by atoms with E-state index >= 15 is 0 Å². The number of likely N-dealkylation sites (tertiary alicyclic amines) is 1. The lowest BCUT2D eigenvalue weighted by Gasteiger charge is -2.44. The minimum absolute atomic E-state index is 0.0294. The predicted octanol–water partition coefficient (Wildman–Crippen LogP) is 5.46. The van der Waals surface area contributed by atoms with Gasteiger partial charge in [-0.15, -0.1) is 0 Å². The van der Waals surface area contributed by atoms with Crippen LogP contribution in [0.15, 0.2) is 30.3 Å². The second-order valence-electron chi connectivity index (χ2n) is 8.68. The highest BCUT2D eigenvalue weighted by atomic mass is 35.5. The number of hydrogen-bond acceptors (Lipinski definition) is 3. The van der Waals surface area contributed by atoms with Gasteiger partial charge in [0.25, 0.3) is 0 Å². The maximum Gasteiger partial charge on any atom is 0.227 e. The molecule has 4 rings (SSSR count). The molecule has 0 aromatic heterocycles. The first-order valence-electron chi connectivity index (χ1n) is 11.0. The average molecular weight is 461 g/mol. The van der Waals surface area contributed by atoms with Crippen molar-refractivity contribution in [2.45, 2.75) is 51.1 Å². The highest BCUT2D eigenvalue weighted by Crippen LogP contribution is 2.41. The molecule has 31 heavy (non-hydrogen) atoms. The highest BCUT2D eigenvalue weighted by molar-refractivity contribution is 6.42. The SMILES string of the molecule is COc1ccc2c(c1C)CC[C@H](N1CCCC1)[C@H]2N(C)C(=O)Cc1ccc(Cl)c(Cl)c1. The molecule has 2 aromatic rings. The Bertz CT molecular complexity index is 972. The Labute approximate surface area is 195 Å². The molecular weight excluding hydrogens is 431 g/mol. The van der Waals surface area contributed by atoms with Gasteiger partial charge < -0.3 is 9.64 Å². The number of halogens is 2. The maximum absolute atomic E-state index is 13.4. The Hall–Kier alpha value is -1.75. The molecule has 1 aliphatic heterocycles. The third-order valence-electron chi connectivity index (χ3n) is 6.94. The quantitative estimate of drug-likeness (QED) is 0.593. The second kappa shape index (κ2) is 9.40. The lowest BCUT2D eigenvalue weighted by Crippen LogP contribution is -2.48. The summed E-state index contributed by atoms with van der Waals surface area (Å²) in [5.41, 5.74) is 4.65. The summed E-state index contributed by atoms with van der Waals surface area (Å²) in [5.74, 6) is 1.01. The lowest BCUT2D eigenvalue weighted by molar-refractivity contribution is -0.133. The van der Waals surface area contributed by atoms with Crippen LogP contribution in [0.3, 0.4) is 0 Å². The molecule has 0 spiro atoms. The Morgan fingerprint density at radius 3 is 2.58 bits per heavy atom. The number of carbonyl (C=O) groups is 1. The Kier molecular flexibility index (Phi) is 6.80. The fraction of sp³-hybridized carbons (Fsp3) is 0.480. The van der Waals surface area contributed by atoms with Gasteiger partial charge >= 0.3 is 0 Å². The number of rotatable bonds is 5. The third kappa shape index (κ3) is 4.44. The number of hydrogen-bond donors (Lipinski definition) is 0. The number of fused-ring (bicyclic) bond motifs is 1. The number of methoxy groups -OCH3 is 1. The van der Waals surface area contributed by atoms with Gasteiger partial charge in [-0.1, -0.05) is 35.3 Å². The van der Waals surface area contributed by atoms with Crippen LogP contribution in [0.25, 0.3) is 0 Å². The van der Waals surface area contributed by atoms with Gasteiger partial charge in [0.1, 0.15) is 5.75 Å². The van der Waals surface area contributed by atoms with Gasteiger partial charge in [-0.05, 0) is 86.1 Å². The smallest absolute Gasteiger partial charge is 0.227 e. The van der Waals surface area contributed by atoms with E-state index in [1.165, 1.54) is 29.5 Å². The van der Waals surface area contributed by atoms with Crippen LogP contribution in [-0.2, 0) is 17.6 Å². The van der Waals surface area contributed by atoms with Crippen molar-refractivity contribution in [3.8, 4) is 5.75 Å². The Balaban J connectivity index is 1.66. The van der Waals surface area contributed by atoms with E-state index in [-0.39, 0.29) is 11.9 Å². The summed E-state index contributed by atoms with van der Waals surface area (Å²) in [7, 11) is 3.66. The molecule has 1 aliphatic carbocycles. The Morgan fingerprint density at radius 2 is 1.90 bits per heavy atom. The van der Waals surface area contributed by atoms with Crippen LogP contribution in [0.2, 0.25) is 10.0 Å². The highest BCUT2D eigenvalue weighted by Gasteiger charge is 2.39. The summed E-state index contributed by atoms with van der Waals surface area (Å²) in [6.45, 7) is 4.35. The van der Waals surface area contributed by atoms with Crippen LogP contribution in [-0.4, -0.2) is 49.0 Å². The zero-order valence-electron chi connectivity index (χ0n) is 18.5. The van der Waals surface area contributed by atoms with E-state index in [1.54, 1.807) is 19.2 Å². The number of amides is 1. The number of likely N-dealkylation sites (N-methyl/N-ethyl adjacent to an activating group) is 1. The van der Waals surface area contributed by atoms with Gasteiger partial charge in [-0.3, -0.25) is 9.69 Å². The molecule has 4 nitrogen and oxygen atoms in total. The number of carbonyl (C=O) groups excluding carboxylic acids is 1. The van der Waals surface area contributed by atoms with Gasteiger partial charge in [-0.2, -0.15) is 0 Å². The maximum atomic E-state index is 13.4. The summed E-state index contributed by atoms with van der Waals surface area (Å²) in [5, 5.41) is 0.987. The van der Waals surface area contributed by atoms with Crippen molar-refractivity contribution >= 4 is 29.1 Å². The first kappa shape index (κ1) is 22.4. The molecule has 0 saturated carbocycles. The zero-order chi connectivity index (χ0) is 22.1. The van der Waals surface area contributed by atoms with E-state index < -0.39 is 0 Å². The molecule has 6 heteroatoms. The van der Waals surface area contributed by atoms with E-state index in [4.69, 9.17) is 27.9 Å². The fourth-order valence-electron chi connectivity index (χ4n) is 5.27. The third-order valence-corrected chi connectivity index (χ3v) is 7.68. The first-order chi connectivity index (χ1) is 14.9. The summed E-state index contributed by atoms with van der Waals surface area (Å²) < 4.78 is 5.57. The summed E-state index contributed by atoms with van der Waals surface area (Å²) in [4.78, 5) is 17.9. The molecule has 0 radical (unpaired) electrons. The minimum Gasteiger partial charge on any atom is -0.496 e. The molecule has 1 heterocycles. The van der Waals surface area contributed by atoms with Gasteiger partial charge in [0, 0.05) is 13.1 Å². The predicted molar refractivity (Wildman–Crippen MR) is 126 cm³/mol. The number of nitrogens with zero attached hydrogens (tertiary/aromatic N) is 2. The molecule has 1 saturated heterocycles. The first-order valence-corrected chi connectivity index (χ1v) is 11.8. The fourth-order valence-corrected chi connectivity index (χ4v) is 5.59.